The maximum atomic E-state index is 12.5. The van der Waals surface area contributed by atoms with Crippen molar-refractivity contribution in [1.82, 2.24) is 15.1 Å². The molecule has 2 atom stereocenters. The molecule has 0 saturated carbocycles. The van der Waals surface area contributed by atoms with Gasteiger partial charge in [-0.2, -0.15) is 5.10 Å². The third kappa shape index (κ3) is 4.85. The van der Waals surface area contributed by atoms with Crippen LogP contribution in [0.2, 0.25) is 0 Å². The van der Waals surface area contributed by atoms with Crippen molar-refractivity contribution >= 4 is 5.91 Å². The summed E-state index contributed by atoms with van der Waals surface area (Å²) in [5.41, 5.74) is 3.25. The molecule has 0 aliphatic rings. The van der Waals surface area contributed by atoms with Crippen molar-refractivity contribution in [3.63, 3.8) is 0 Å². The first-order valence-corrected chi connectivity index (χ1v) is 8.43. The highest BCUT2D eigenvalue weighted by Crippen LogP contribution is 2.15. The van der Waals surface area contributed by atoms with Crippen LogP contribution in [0.15, 0.2) is 30.3 Å². The minimum absolute atomic E-state index is 0.0221. The number of benzene rings is 1. The fourth-order valence-electron chi connectivity index (χ4n) is 2.60. The Balaban J connectivity index is 1.93. The number of ether oxygens (including phenoxy) is 1. The number of carbonyl (C=O) groups is 1. The number of hydrogen-bond acceptors (Lipinski definition) is 3. The summed E-state index contributed by atoms with van der Waals surface area (Å²) in [6.07, 6.45) is 0.127. The second-order valence-corrected chi connectivity index (χ2v) is 6.35. The number of aromatic nitrogens is 2. The van der Waals surface area contributed by atoms with E-state index >= 15 is 0 Å². The maximum Gasteiger partial charge on any atom is 0.261 e. The molecule has 0 radical (unpaired) electrons. The van der Waals surface area contributed by atoms with Crippen LogP contribution in [0.25, 0.3) is 0 Å². The lowest BCUT2D eigenvalue weighted by Gasteiger charge is -2.21. The third-order valence-corrected chi connectivity index (χ3v) is 3.90. The van der Waals surface area contributed by atoms with Crippen LogP contribution in [0.5, 0.6) is 5.75 Å². The molecular weight excluding hydrogens is 302 g/mol. The van der Waals surface area contributed by atoms with E-state index in [2.05, 4.69) is 10.4 Å². The van der Waals surface area contributed by atoms with Crippen LogP contribution < -0.4 is 10.1 Å². The van der Waals surface area contributed by atoms with Gasteiger partial charge in [0.05, 0.1) is 12.2 Å². The van der Waals surface area contributed by atoms with Crippen LogP contribution in [0.3, 0.4) is 0 Å². The molecule has 1 aromatic carbocycles. The highest BCUT2D eigenvalue weighted by Gasteiger charge is 2.20. The van der Waals surface area contributed by atoms with Gasteiger partial charge in [0, 0.05) is 11.7 Å². The van der Waals surface area contributed by atoms with E-state index in [0.29, 0.717) is 18.7 Å². The van der Waals surface area contributed by atoms with E-state index in [4.69, 9.17) is 4.74 Å². The first-order chi connectivity index (χ1) is 11.4. The molecule has 1 aromatic heterocycles. The standard InChI is InChI=1S/C19H27N3O2/c1-6-18(24-17-9-7-13(2)8-10-17)19(23)20-15(4)12-22-16(5)11-14(3)21-22/h7-11,15,18H,6,12H2,1-5H3,(H,20,23). The summed E-state index contributed by atoms with van der Waals surface area (Å²) >= 11 is 0. The van der Waals surface area contributed by atoms with Gasteiger partial charge in [0.15, 0.2) is 6.10 Å². The number of nitrogens with one attached hydrogen (secondary N) is 1. The molecule has 0 aliphatic carbocycles. The average molecular weight is 329 g/mol. The molecule has 2 rings (SSSR count). The molecule has 1 N–H and O–H groups in total. The summed E-state index contributed by atoms with van der Waals surface area (Å²) < 4.78 is 7.74. The molecule has 5 nitrogen and oxygen atoms in total. The number of aryl methyl sites for hydroxylation is 3. The van der Waals surface area contributed by atoms with Crippen LogP contribution in [-0.4, -0.2) is 27.8 Å². The SMILES string of the molecule is CCC(Oc1ccc(C)cc1)C(=O)NC(C)Cn1nc(C)cc1C. The van der Waals surface area contributed by atoms with E-state index in [1.807, 2.05) is 69.6 Å². The predicted molar refractivity (Wildman–Crippen MR) is 95.2 cm³/mol. The van der Waals surface area contributed by atoms with E-state index in [1.165, 1.54) is 5.56 Å². The van der Waals surface area contributed by atoms with Gasteiger partial charge in [-0.15, -0.1) is 0 Å². The van der Waals surface area contributed by atoms with Crippen molar-refractivity contribution in [2.24, 2.45) is 0 Å². The third-order valence-electron chi connectivity index (χ3n) is 3.90. The normalized spacial score (nSPS) is 13.4. The number of carbonyl (C=O) groups excluding carboxylic acids is 1. The molecule has 130 valence electrons. The molecule has 2 aromatic rings. The lowest BCUT2D eigenvalue weighted by molar-refractivity contribution is -0.128. The van der Waals surface area contributed by atoms with Crippen LogP contribution in [-0.2, 0) is 11.3 Å². The van der Waals surface area contributed by atoms with Gasteiger partial charge in [-0.1, -0.05) is 24.6 Å². The van der Waals surface area contributed by atoms with E-state index < -0.39 is 6.10 Å². The van der Waals surface area contributed by atoms with E-state index in [0.717, 1.165) is 11.4 Å². The number of amides is 1. The number of rotatable bonds is 7. The zero-order chi connectivity index (χ0) is 17.7. The highest BCUT2D eigenvalue weighted by molar-refractivity contribution is 5.81. The second-order valence-electron chi connectivity index (χ2n) is 6.35. The molecule has 1 amide bonds. The van der Waals surface area contributed by atoms with Gasteiger partial charge in [-0.3, -0.25) is 9.48 Å². The molecule has 0 fully saturated rings. The molecular formula is C19H27N3O2. The summed E-state index contributed by atoms with van der Waals surface area (Å²) in [5, 5.41) is 7.46. The zero-order valence-corrected chi connectivity index (χ0v) is 15.2. The Labute approximate surface area is 144 Å². The Morgan fingerprint density at radius 1 is 1.25 bits per heavy atom. The molecule has 1 heterocycles. The second kappa shape index (κ2) is 7.99. The van der Waals surface area contributed by atoms with E-state index in [1.54, 1.807) is 0 Å². The van der Waals surface area contributed by atoms with E-state index in [9.17, 15) is 4.79 Å². The molecule has 2 unspecified atom stereocenters. The molecule has 0 saturated heterocycles. The van der Waals surface area contributed by atoms with Gasteiger partial charge in [0.1, 0.15) is 5.75 Å². The number of nitrogens with zero attached hydrogens (tertiary/aromatic N) is 2. The molecule has 24 heavy (non-hydrogen) atoms. The highest BCUT2D eigenvalue weighted by atomic mass is 16.5. The van der Waals surface area contributed by atoms with Crippen LogP contribution in [0.1, 0.15) is 37.2 Å². The first-order valence-electron chi connectivity index (χ1n) is 8.43. The zero-order valence-electron chi connectivity index (χ0n) is 15.2. The Bertz CT molecular complexity index is 676. The summed E-state index contributed by atoms with van der Waals surface area (Å²) in [4.78, 5) is 12.5. The summed E-state index contributed by atoms with van der Waals surface area (Å²) in [5.74, 6) is 0.626. The van der Waals surface area contributed by atoms with Gasteiger partial charge in [-0.25, -0.2) is 0 Å². The summed E-state index contributed by atoms with van der Waals surface area (Å²) in [7, 11) is 0. The van der Waals surface area contributed by atoms with Crippen molar-refractivity contribution < 1.29 is 9.53 Å². The summed E-state index contributed by atoms with van der Waals surface area (Å²) in [6.45, 7) is 10.6. The van der Waals surface area contributed by atoms with Gasteiger partial charge in [-0.05, 0) is 52.3 Å². The monoisotopic (exact) mass is 329 g/mol. The lowest BCUT2D eigenvalue weighted by Crippen LogP contribution is -2.44. The maximum absolute atomic E-state index is 12.5. The van der Waals surface area contributed by atoms with Crippen LogP contribution in [0.4, 0.5) is 0 Å². The van der Waals surface area contributed by atoms with Crippen molar-refractivity contribution in [3.8, 4) is 5.75 Å². The Hall–Kier alpha value is -2.30. The van der Waals surface area contributed by atoms with Gasteiger partial charge < -0.3 is 10.1 Å². The Morgan fingerprint density at radius 3 is 2.46 bits per heavy atom. The molecule has 5 heteroatoms. The minimum atomic E-state index is -0.490. The van der Waals surface area contributed by atoms with E-state index in [-0.39, 0.29) is 11.9 Å². The number of hydrogen-bond donors (Lipinski definition) is 1. The molecule has 0 bridgehead atoms. The summed E-state index contributed by atoms with van der Waals surface area (Å²) in [6, 6.07) is 9.75. The fraction of sp³-hybridized carbons (Fsp3) is 0.474. The minimum Gasteiger partial charge on any atom is -0.481 e. The van der Waals surface area contributed by atoms with Crippen molar-refractivity contribution in [2.45, 2.75) is 59.7 Å². The van der Waals surface area contributed by atoms with Gasteiger partial charge >= 0.3 is 0 Å². The largest absolute Gasteiger partial charge is 0.481 e. The smallest absolute Gasteiger partial charge is 0.261 e. The Kier molecular flexibility index (Phi) is 6.01. The lowest BCUT2D eigenvalue weighted by atomic mass is 10.2. The van der Waals surface area contributed by atoms with Gasteiger partial charge in [0.2, 0.25) is 0 Å². The predicted octanol–water partition coefficient (Wildman–Crippen LogP) is 3.17. The Morgan fingerprint density at radius 2 is 1.92 bits per heavy atom. The topological polar surface area (TPSA) is 56.1 Å². The van der Waals surface area contributed by atoms with Crippen LogP contribution >= 0.6 is 0 Å². The average Bonchev–Trinajstić information content (AvgIpc) is 2.83. The quantitative estimate of drug-likeness (QED) is 0.849. The molecule has 0 aliphatic heterocycles. The molecule has 0 spiro atoms. The van der Waals surface area contributed by atoms with Crippen molar-refractivity contribution in [3.05, 3.63) is 47.3 Å². The van der Waals surface area contributed by atoms with Crippen LogP contribution in [0, 0.1) is 20.8 Å². The van der Waals surface area contributed by atoms with Gasteiger partial charge in [0.25, 0.3) is 5.91 Å². The van der Waals surface area contributed by atoms with Crippen molar-refractivity contribution in [1.29, 1.82) is 0 Å². The first kappa shape index (κ1) is 18.0. The van der Waals surface area contributed by atoms with Crippen molar-refractivity contribution in [2.75, 3.05) is 0 Å². The fourth-order valence-corrected chi connectivity index (χ4v) is 2.60.